The Hall–Kier alpha value is -0.700. The third-order valence-electron chi connectivity index (χ3n) is 2.11. The minimum absolute atomic E-state index is 0.357. The molecule has 0 aromatic carbocycles. The maximum absolute atomic E-state index is 6.16. The molecule has 0 aliphatic carbocycles. The van der Waals surface area contributed by atoms with Crippen molar-refractivity contribution in [2.45, 2.75) is 6.42 Å². The number of hydrogen-bond acceptors (Lipinski definition) is 2. The molecule has 16 heavy (non-hydrogen) atoms. The second-order valence-electron chi connectivity index (χ2n) is 3.28. The zero-order chi connectivity index (χ0) is 12.7. The van der Waals surface area contributed by atoms with Crippen molar-refractivity contribution < 1.29 is 0 Å². The Bertz CT molecular complexity index is 330. The number of hydrogen-bond donors (Lipinski definition) is 2. The molecule has 0 aliphatic heterocycles. The predicted octanol–water partition coefficient (Wildman–Crippen LogP) is 3.13. The van der Waals surface area contributed by atoms with Gasteiger partial charge in [0.05, 0.1) is 15.8 Å². The van der Waals surface area contributed by atoms with Gasteiger partial charge in [-0.15, -0.1) is 0 Å². The quantitative estimate of drug-likeness (QED) is 0.688. The van der Waals surface area contributed by atoms with Crippen molar-refractivity contribution in [2.24, 2.45) is 0 Å². The lowest BCUT2D eigenvalue weighted by Crippen LogP contribution is -2.11. The van der Waals surface area contributed by atoms with E-state index in [9.17, 15) is 0 Å². The Labute approximate surface area is 108 Å². The van der Waals surface area contributed by atoms with Crippen molar-refractivity contribution in [3.05, 3.63) is 46.6 Å². The van der Waals surface area contributed by atoms with Gasteiger partial charge in [0.2, 0.25) is 0 Å². The van der Waals surface area contributed by atoms with Gasteiger partial charge in [-0.3, -0.25) is 0 Å². The molecule has 0 unspecified atom stereocenters. The van der Waals surface area contributed by atoms with Crippen LogP contribution in [0.1, 0.15) is 6.42 Å². The fourth-order valence-corrected chi connectivity index (χ4v) is 1.68. The van der Waals surface area contributed by atoms with Crippen LogP contribution < -0.4 is 10.6 Å². The van der Waals surface area contributed by atoms with Crippen LogP contribution in [0.4, 0.5) is 0 Å². The van der Waals surface area contributed by atoms with E-state index in [0.717, 1.165) is 18.5 Å². The molecule has 90 valence electrons. The van der Waals surface area contributed by atoms with Crippen molar-refractivity contribution in [1.29, 1.82) is 0 Å². The maximum Gasteiger partial charge on any atom is 0.0721 e. The highest BCUT2D eigenvalue weighted by Crippen LogP contribution is 2.27. The Morgan fingerprint density at radius 3 is 2.06 bits per heavy atom. The van der Waals surface area contributed by atoms with Crippen LogP contribution >= 0.6 is 23.2 Å². The number of nitrogens with one attached hydrogen (secondary N) is 2. The Morgan fingerprint density at radius 1 is 1.12 bits per heavy atom. The van der Waals surface area contributed by atoms with E-state index < -0.39 is 0 Å². The summed E-state index contributed by atoms with van der Waals surface area (Å²) in [6.45, 7) is 12.3. The molecule has 0 bridgehead atoms. The van der Waals surface area contributed by atoms with Crippen LogP contribution in [0.5, 0.6) is 0 Å². The van der Waals surface area contributed by atoms with E-state index in [4.69, 9.17) is 23.2 Å². The van der Waals surface area contributed by atoms with E-state index in [2.05, 4.69) is 30.4 Å². The van der Waals surface area contributed by atoms with Gasteiger partial charge in [-0.1, -0.05) is 42.9 Å². The number of likely N-dealkylation sites (N-methyl/N-ethyl adjacent to an activating group) is 1. The molecule has 0 aromatic rings. The van der Waals surface area contributed by atoms with Crippen molar-refractivity contribution in [2.75, 3.05) is 20.6 Å². The summed E-state index contributed by atoms with van der Waals surface area (Å²) in [7, 11) is 3.61. The van der Waals surface area contributed by atoms with Crippen molar-refractivity contribution >= 4 is 23.2 Å². The van der Waals surface area contributed by atoms with Gasteiger partial charge in [0.25, 0.3) is 0 Å². The van der Waals surface area contributed by atoms with Crippen LogP contribution in [0, 0.1) is 0 Å². The first-order chi connectivity index (χ1) is 7.45. The van der Waals surface area contributed by atoms with Gasteiger partial charge in [0.1, 0.15) is 0 Å². The zero-order valence-electron chi connectivity index (χ0n) is 9.79. The molecule has 0 radical (unpaired) electrons. The van der Waals surface area contributed by atoms with E-state index in [1.165, 1.54) is 0 Å². The monoisotopic (exact) mass is 260 g/mol. The Morgan fingerprint density at radius 2 is 1.69 bits per heavy atom. The average molecular weight is 261 g/mol. The van der Waals surface area contributed by atoms with E-state index in [0.29, 0.717) is 21.3 Å². The second kappa shape index (κ2) is 7.55. The second-order valence-corrected chi connectivity index (χ2v) is 4.11. The first-order valence-electron chi connectivity index (χ1n) is 4.90. The Kier molecular flexibility index (Phi) is 7.22. The first-order valence-corrected chi connectivity index (χ1v) is 5.65. The summed E-state index contributed by atoms with van der Waals surface area (Å²) < 4.78 is 0. The van der Waals surface area contributed by atoms with E-state index >= 15 is 0 Å². The summed E-state index contributed by atoms with van der Waals surface area (Å²) in [5.41, 5.74) is 2.15. The summed E-state index contributed by atoms with van der Waals surface area (Å²) in [6.07, 6.45) is 0.789. The molecular weight excluding hydrogens is 243 g/mol. The lowest BCUT2D eigenvalue weighted by atomic mass is 10.0. The molecule has 0 rings (SSSR count). The highest BCUT2D eigenvalue weighted by atomic mass is 35.5. The molecule has 0 saturated carbocycles. The molecule has 2 nitrogen and oxygen atoms in total. The summed E-state index contributed by atoms with van der Waals surface area (Å²) in [4.78, 5) is 0. The molecular formula is C12H18Cl2N2. The fraction of sp³-hybridized carbons (Fsp3) is 0.333. The van der Waals surface area contributed by atoms with Gasteiger partial charge in [-0.2, -0.15) is 0 Å². The molecule has 0 spiro atoms. The molecule has 2 N–H and O–H groups in total. The highest BCUT2D eigenvalue weighted by molar-refractivity contribution is 6.36. The first kappa shape index (κ1) is 15.3. The number of rotatable bonds is 7. The lowest BCUT2D eigenvalue weighted by molar-refractivity contribution is 0.792. The SMILES string of the molecule is C=C(CCNC)C(=C)/C(Cl)=C(/NC)C(=C)Cl. The van der Waals surface area contributed by atoms with Crippen LogP contribution in [-0.2, 0) is 0 Å². The van der Waals surface area contributed by atoms with Crippen molar-refractivity contribution in [1.82, 2.24) is 10.6 Å². The number of halogens is 2. The van der Waals surface area contributed by atoms with E-state index in [1.54, 1.807) is 7.05 Å². The minimum Gasteiger partial charge on any atom is -0.386 e. The van der Waals surface area contributed by atoms with Gasteiger partial charge in [0, 0.05) is 7.05 Å². The molecule has 0 aromatic heterocycles. The topological polar surface area (TPSA) is 24.1 Å². The van der Waals surface area contributed by atoms with Gasteiger partial charge in [0.15, 0.2) is 0 Å². The minimum atomic E-state index is 0.357. The molecule has 0 aliphatic rings. The fourth-order valence-electron chi connectivity index (χ4n) is 1.10. The van der Waals surface area contributed by atoms with Crippen LogP contribution in [-0.4, -0.2) is 20.6 Å². The summed E-state index contributed by atoms with van der Waals surface area (Å²) in [5.74, 6) is 0. The maximum atomic E-state index is 6.16. The van der Waals surface area contributed by atoms with Crippen molar-refractivity contribution in [3.63, 3.8) is 0 Å². The number of allylic oxidation sites excluding steroid dienone is 3. The normalized spacial score (nSPS) is 11.8. The van der Waals surface area contributed by atoms with Crippen LogP contribution in [0.25, 0.3) is 0 Å². The third kappa shape index (κ3) is 4.44. The van der Waals surface area contributed by atoms with Crippen LogP contribution in [0.15, 0.2) is 46.6 Å². The Balaban J connectivity index is 4.83. The summed E-state index contributed by atoms with van der Waals surface area (Å²) in [5, 5.41) is 6.75. The molecule has 0 amide bonds. The summed E-state index contributed by atoms with van der Waals surface area (Å²) in [6, 6.07) is 0. The third-order valence-corrected chi connectivity index (χ3v) is 2.72. The van der Waals surface area contributed by atoms with Gasteiger partial charge < -0.3 is 10.6 Å². The predicted molar refractivity (Wildman–Crippen MR) is 73.8 cm³/mol. The van der Waals surface area contributed by atoms with E-state index in [-0.39, 0.29) is 0 Å². The van der Waals surface area contributed by atoms with Gasteiger partial charge >= 0.3 is 0 Å². The van der Waals surface area contributed by atoms with Crippen LogP contribution in [0.3, 0.4) is 0 Å². The highest BCUT2D eigenvalue weighted by Gasteiger charge is 2.11. The molecule has 0 atom stereocenters. The summed E-state index contributed by atoms with van der Waals surface area (Å²) >= 11 is 12.0. The lowest BCUT2D eigenvalue weighted by Gasteiger charge is -2.13. The average Bonchev–Trinajstić information content (AvgIpc) is 2.24. The van der Waals surface area contributed by atoms with Crippen molar-refractivity contribution in [3.8, 4) is 0 Å². The van der Waals surface area contributed by atoms with E-state index in [1.807, 2.05) is 7.05 Å². The van der Waals surface area contributed by atoms with Gasteiger partial charge in [-0.05, 0) is 31.2 Å². The zero-order valence-corrected chi connectivity index (χ0v) is 11.3. The standard InChI is InChI=1S/C12H18Cl2N2/c1-8(6-7-15-4)9(2)11(14)12(16-5)10(3)13/h15-16H,1-3,6-7H2,4-5H3/b12-11-. The molecule has 0 fully saturated rings. The largest absolute Gasteiger partial charge is 0.386 e. The molecule has 0 saturated heterocycles. The van der Waals surface area contributed by atoms with Gasteiger partial charge in [-0.25, -0.2) is 0 Å². The van der Waals surface area contributed by atoms with Crippen LogP contribution in [0.2, 0.25) is 0 Å². The molecule has 4 heteroatoms. The molecule has 0 heterocycles. The smallest absolute Gasteiger partial charge is 0.0721 e.